The molecule has 2 unspecified atom stereocenters. The van der Waals surface area contributed by atoms with Gasteiger partial charge in [-0.05, 0) is 61.6 Å². The quantitative estimate of drug-likeness (QED) is 0.362. The van der Waals surface area contributed by atoms with E-state index < -0.39 is 6.16 Å². The summed E-state index contributed by atoms with van der Waals surface area (Å²) in [5, 5.41) is 14.5. The monoisotopic (exact) mass is 464 g/mol. The number of hydrogen-bond donors (Lipinski definition) is 2. The van der Waals surface area contributed by atoms with Crippen LogP contribution in [0, 0.1) is 5.92 Å². The second-order valence-corrected chi connectivity index (χ2v) is 9.12. The van der Waals surface area contributed by atoms with Crippen molar-refractivity contribution in [3.8, 4) is 16.9 Å². The average molecular weight is 465 g/mol. The first-order valence-electron chi connectivity index (χ1n) is 11.0. The largest absolute Gasteiger partial charge is 0.503 e. The van der Waals surface area contributed by atoms with Gasteiger partial charge >= 0.3 is 6.16 Å². The van der Waals surface area contributed by atoms with Gasteiger partial charge in [-0.3, -0.25) is 4.79 Å². The van der Waals surface area contributed by atoms with E-state index in [-0.39, 0.29) is 5.92 Å². The van der Waals surface area contributed by atoms with Crippen molar-refractivity contribution >= 4 is 23.7 Å². The second-order valence-electron chi connectivity index (χ2n) is 7.74. The fraction of sp³-hybridized carbons (Fsp3) is 0.259. The molecule has 0 aliphatic heterocycles. The summed E-state index contributed by atoms with van der Waals surface area (Å²) in [6.45, 7) is 2.65. The highest BCUT2D eigenvalue weighted by Gasteiger charge is 2.30. The van der Waals surface area contributed by atoms with E-state index in [2.05, 4.69) is 36.4 Å². The van der Waals surface area contributed by atoms with Crippen LogP contribution in [0.3, 0.4) is 0 Å². The van der Waals surface area contributed by atoms with E-state index in [0.29, 0.717) is 17.6 Å². The number of rotatable bonds is 7. The minimum Gasteiger partial charge on any atom is -0.494 e. The van der Waals surface area contributed by atoms with Crippen LogP contribution in [-0.2, 0) is 0 Å². The molecule has 1 aliphatic carbocycles. The zero-order chi connectivity index (χ0) is 23.6. The van der Waals surface area contributed by atoms with Crippen LogP contribution in [-0.4, -0.2) is 34.0 Å². The van der Waals surface area contributed by atoms with Crippen molar-refractivity contribution in [2.24, 2.45) is 5.92 Å². The van der Waals surface area contributed by atoms with Gasteiger partial charge in [-0.25, -0.2) is 4.79 Å². The van der Waals surface area contributed by atoms with E-state index in [4.69, 9.17) is 19.7 Å². The number of carboxylic acid groups (broad SMARTS) is 2. The molecule has 172 valence electrons. The van der Waals surface area contributed by atoms with Crippen LogP contribution < -0.4 is 4.74 Å². The van der Waals surface area contributed by atoms with E-state index in [1.807, 2.05) is 61.2 Å². The maximum absolute atomic E-state index is 13.0. The molecule has 1 aliphatic rings. The van der Waals surface area contributed by atoms with Crippen molar-refractivity contribution in [1.82, 2.24) is 0 Å². The zero-order valence-corrected chi connectivity index (χ0v) is 19.3. The number of hydrogen-bond acceptors (Lipinski definition) is 4. The summed E-state index contributed by atoms with van der Waals surface area (Å²) in [4.78, 5) is 22.8. The van der Waals surface area contributed by atoms with Gasteiger partial charge in [0.05, 0.1) is 6.61 Å². The van der Waals surface area contributed by atoms with Gasteiger partial charge in [0.25, 0.3) is 0 Å². The Hall–Kier alpha value is -3.25. The lowest BCUT2D eigenvalue weighted by Gasteiger charge is -2.11. The van der Waals surface area contributed by atoms with Crippen molar-refractivity contribution in [3.63, 3.8) is 0 Å². The molecular formula is C27H28O5S. The van der Waals surface area contributed by atoms with E-state index in [1.54, 1.807) is 0 Å². The first kappa shape index (κ1) is 24.4. The predicted molar refractivity (Wildman–Crippen MR) is 131 cm³/mol. The molecule has 1 saturated carbocycles. The second kappa shape index (κ2) is 12.1. The molecule has 3 aromatic rings. The number of carbonyl (C=O) groups excluding carboxylic acids is 1. The average Bonchev–Trinajstić information content (AvgIpc) is 3.28. The molecular weight excluding hydrogens is 436 g/mol. The molecule has 0 bridgehead atoms. The summed E-state index contributed by atoms with van der Waals surface area (Å²) < 4.78 is 5.50. The summed E-state index contributed by atoms with van der Waals surface area (Å²) in [5.41, 5.74) is 3.08. The first-order valence-corrected chi connectivity index (χ1v) is 11.8. The molecule has 4 rings (SSSR count). The lowest BCUT2D eigenvalue weighted by Crippen LogP contribution is -2.12. The molecule has 5 nitrogen and oxygen atoms in total. The number of ketones is 1. The first-order chi connectivity index (χ1) is 16.0. The van der Waals surface area contributed by atoms with Gasteiger partial charge in [-0.1, -0.05) is 54.6 Å². The Morgan fingerprint density at radius 3 is 2.03 bits per heavy atom. The van der Waals surface area contributed by atoms with Crippen LogP contribution in [0.1, 0.15) is 36.5 Å². The fourth-order valence-corrected chi connectivity index (χ4v) is 5.23. The number of Topliss-reactive ketones (excluding diaryl/α,β-unsaturated/α-hetero) is 1. The van der Waals surface area contributed by atoms with Crippen LogP contribution in [0.5, 0.6) is 5.75 Å². The molecule has 2 N–H and O–H groups in total. The topological polar surface area (TPSA) is 83.8 Å². The van der Waals surface area contributed by atoms with Gasteiger partial charge in [-0.15, -0.1) is 11.8 Å². The van der Waals surface area contributed by atoms with E-state index in [9.17, 15) is 4.79 Å². The maximum atomic E-state index is 13.0. The molecule has 0 heterocycles. The summed E-state index contributed by atoms with van der Waals surface area (Å²) in [6.07, 6.45) is 1.24. The minimum absolute atomic E-state index is 0.146. The van der Waals surface area contributed by atoms with Crippen LogP contribution in [0.15, 0.2) is 83.8 Å². The summed E-state index contributed by atoms with van der Waals surface area (Å²) in [5.74, 6) is 1.32. The van der Waals surface area contributed by atoms with Crippen molar-refractivity contribution in [2.45, 2.75) is 36.3 Å². The third-order valence-corrected chi connectivity index (χ3v) is 6.78. The Labute approximate surface area is 198 Å². The number of ether oxygens (including phenoxy) is 1. The Morgan fingerprint density at radius 1 is 0.879 bits per heavy atom. The van der Waals surface area contributed by atoms with Crippen LogP contribution >= 0.6 is 11.8 Å². The third-order valence-electron chi connectivity index (χ3n) is 5.47. The molecule has 33 heavy (non-hydrogen) atoms. The van der Waals surface area contributed by atoms with Gasteiger partial charge in [-0.2, -0.15) is 0 Å². The van der Waals surface area contributed by atoms with Crippen LogP contribution in [0.2, 0.25) is 0 Å². The molecule has 1 fully saturated rings. The summed E-state index contributed by atoms with van der Waals surface area (Å²) in [7, 11) is 0. The lowest BCUT2D eigenvalue weighted by atomic mass is 9.94. The summed E-state index contributed by atoms with van der Waals surface area (Å²) in [6, 6.07) is 26.6. The van der Waals surface area contributed by atoms with Crippen LogP contribution in [0.25, 0.3) is 11.1 Å². The van der Waals surface area contributed by atoms with Crippen molar-refractivity contribution in [3.05, 3.63) is 84.4 Å². The number of thioether (sulfide) groups is 1. The maximum Gasteiger partial charge on any atom is 0.503 e. The van der Waals surface area contributed by atoms with Crippen LogP contribution in [0.4, 0.5) is 4.79 Å². The zero-order valence-electron chi connectivity index (χ0n) is 18.5. The van der Waals surface area contributed by atoms with Gasteiger partial charge in [0.1, 0.15) is 5.75 Å². The van der Waals surface area contributed by atoms with Gasteiger partial charge in [0, 0.05) is 21.6 Å². The summed E-state index contributed by atoms with van der Waals surface area (Å²) >= 11 is 1.91. The van der Waals surface area contributed by atoms with Gasteiger partial charge in [0.15, 0.2) is 5.78 Å². The SMILES string of the molecule is CCOc1ccc(-c2ccc(C(=O)C3CCC(Sc4ccccc4)C3)cc2)cc1.O=C(O)O. The Bertz CT molecular complexity index is 1030. The van der Waals surface area contributed by atoms with Crippen molar-refractivity contribution < 1.29 is 24.5 Å². The number of benzene rings is 3. The molecule has 6 heteroatoms. The van der Waals surface area contributed by atoms with Crippen molar-refractivity contribution in [2.75, 3.05) is 6.61 Å². The van der Waals surface area contributed by atoms with Crippen molar-refractivity contribution in [1.29, 1.82) is 0 Å². The molecule has 0 amide bonds. The van der Waals surface area contributed by atoms with Gasteiger partial charge < -0.3 is 14.9 Å². The van der Waals surface area contributed by atoms with E-state index in [0.717, 1.165) is 41.7 Å². The Balaban J connectivity index is 0.000000709. The fourth-order valence-electron chi connectivity index (χ4n) is 3.95. The van der Waals surface area contributed by atoms with E-state index >= 15 is 0 Å². The standard InChI is InChI=1S/C26H26O2S.CH2O3/c1-2-28-23-15-12-20(13-16-23)19-8-10-21(11-9-19)26(27)22-14-17-25(18-22)29-24-6-4-3-5-7-24;2-1(3)4/h3-13,15-16,22,25H,2,14,17-18H2,1H3;(H2,2,3,4). The van der Waals surface area contributed by atoms with Gasteiger partial charge in [0.2, 0.25) is 0 Å². The predicted octanol–water partition coefficient (Wildman–Crippen LogP) is 7.12. The third kappa shape index (κ3) is 7.39. The molecule has 0 radical (unpaired) electrons. The minimum atomic E-state index is -1.83. The highest BCUT2D eigenvalue weighted by Crippen LogP contribution is 2.39. The number of carbonyl (C=O) groups is 2. The normalized spacial score (nSPS) is 17.0. The molecule has 0 aromatic heterocycles. The molecule has 0 saturated heterocycles. The lowest BCUT2D eigenvalue weighted by molar-refractivity contribution is 0.0923. The van der Waals surface area contributed by atoms with E-state index in [1.165, 1.54) is 4.90 Å². The Kier molecular flexibility index (Phi) is 8.95. The highest BCUT2D eigenvalue weighted by atomic mass is 32.2. The smallest absolute Gasteiger partial charge is 0.494 e. The molecule has 2 atom stereocenters. The highest BCUT2D eigenvalue weighted by molar-refractivity contribution is 8.00. The Morgan fingerprint density at radius 2 is 1.45 bits per heavy atom. The molecule has 3 aromatic carbocycles. The molecule has 0 spiro atoms.